The number of carboxylic acid groups (broad SMARTS) is 1. The molecule has 2 aromatic rings. The molecule has 2 rings (SSSR count). The molecule has 0 fully saturated rings. The van der Waals surface area contributed by atoms with Crippen LogP contribution in [0, 0.1) is 0 Å². The average Bonchev–Trinajstić information content (AvgIpc) is 2.41. The summed E-state index contributed by atoms with van der Waals surface area (Å²) >= 11 is 5.80. The highest BCUT2D eigenvalue weighted by molar-refractivity contribution is 6.30. The Bertz CT molecular complexity index is 578. The maximum Gasteiger partial charge on any atom is 0.511 e. The fraction of sp³-hybridized carbons (Fsp3) is 0.133. The first kappa shape index (κ1) is 14.4. The highest BCUT2D eigenvalue weighted by Gasteiger charge is 2.09. The second-order valence-electron chi connectivity index (χ2n) is 4.28. The van der Waals surface area contributed by atoms with Gasteiger partial charge in [-0.25, -0.2) is 4.79 Å². The van der Waals surface area contributed by atoms with Crippen molar-refractivity contribution in [2.24, 2.45) is 0 Å². The molecule has 0 aliphatic rings. The van der Waals surface area contributed by atoms with Crippen molar-refractivity contribution in [1.29, 1.82) is 0 Å². The van der Waals surface area contributed by atoms with Crippen molar-refractivity contribution in [2.75, 3.05) is 0 Å². The Morgan fingerprint density at radius 3 is 2.25 bits per heavy atom. The fourth-order valence-corrected chi connectivity index (χ4v) is 1.95. The number of hydrogen-bond acceptors (Lipinski definition) is 3. The van der Waals surface area contributed by atoms with Gasteiger partial charge in [0.05, 0.1) is 6.10 Å². The van der Waals surface area contributed by atoms with Crippen LogP contribution in [0.15, 0.2) is 48.5 Å². The summed E-state index contributed by atoms with van der Waals surface area (Å²) in [6.07, 6.45) is -1.58. The van der Waals surface area contributed by atoms with Crippen LogP contribution < -0.4 is 4.74 Å². The van der Waals surface area contributed by atoms with E-state index in [1.807, 2.05) is 12.1 Å². The Morgan fingerprint density at radius 1 is 1.10 bits per heavy atom. The third-order valence-corrected chi connectivity index (χ3v) is 3.06. The lowest BCUT2D eigenvalue weighted by Crippen LogP contribution is -2.04. The molecular weight excluding hydrogens is 280 g/mol. The number of ether oxygens (including phenoxy) is 1. The molecule has 0 heterocycles. The van der Waals surface area contributed by atoms with Gasteiger partial charge in [0.15, 0.2) is 0 Å². The van der Waals surface area contributed by atoms with Gasteiger partial charge in [-0.3, -0.25) is 0 Å². The van der Waals surface area contributed by atoms with E-state index >= 15 is 0 Å². The molecule has 2 N–H and O–H groups in total. The molecule has 0 aromatic heterocycles. The molecule has 0 saturated carbocycles. The van der Waals surface area contributed by atoms with Crippen molar-refractivity contribution in [3.8, 4) is 5.75 Å². The van der Waals surface area contributed by atoms with E-state index in [1.165, 1.54) is 12.1 Å². The second-order valence-corrected chi connectivity index (χ2v) is 4.72. The summed E-state index contributed by atoms with van der Waals surface area (Å²) in [7, 11) is 0. The number of aliphatic hydroxyl groups is 1. The summed E-state index contributed by atoms with van der Waals surface area (Å²) in [5.74, 6) is 0.222. The monoisotopic (exact) mass is 292 g/mol. The van der Waals surface area contributed by atoms with E-state index in [0.29, 0.717) is 17.0 Å². The molecule has 0 aliphatic heterocycles. The van der Waals surface area contributed by atoms with Gasteiger partial charge < -0.3 is 14.9 Å². The number of aliphatic hydroxyl groups excluding tert-OH is 1. The van der Waals surface area contributed by atoms with E-state index in [-0.39, 0.29) is 5.75 Å². The van der Waals surface area contributed by atoms with Gasteiger partial charge in [-0.15, -0.1) is 0 Å². The molecule has 20 heavy (non-hydrogen) atoms. The SMILES string of the molecule is O=C(O)Oc1ccc(C(O)Cc2ccc(Cl)cc2)cc1. The van der Waals surface area contributed by atoms with E-state index in [0.717, 1.165) is 5.56 Å². The van der Waals surface area contributed by atoms with E-state index in [4.69, 9.17) is 16.7 Å². The van der Waals surface area contributed by atoms with Gasteiger partial charge in [0.25, 0.3) is 0 Å². The second kappa shape index (κ2) is 6.41. The zero-order valence-electron chi connectivity index (χ0n) is 10.5. The standard InChI is InChI=1S/C15H13ClO4/c16-12-5-1-10(2-6-12)9-14(17)11-3-7-13(8-4-11)20-15(18)19/h1-8,14,17H,9H2,(H,18,19). The summed E-state index contributed by atoms with van der Waals surface area (Å²) in [6.45, 7) is 0. The van der Waals surface area contributed by atoms with E-state index < -0.39 is 12.3 Å². The van der Waals surface area contributed by atoms with Crippen molar-refractivity contribution < 1.29 is 19.7 Å². The van der Waals surface area contributed by atoms with Crippen LogP contribution in [0.1, 0.15) is 17.2 Å². The number of hydrogen-bond donors (Lipinski definition) is 2. The quantitative estimate of drug-likeness (QED) is 0.666. The number of benzene rings is 2. The molecular formula is C15H13ClO4. The van der Waals surface area contributed by atoms with Gasteiger partial charge in [0, 0.05) is 11.4 Å². The summed E-state index contributed by atoms with van der Waals surface area (Å²) in [6, 6.07) is 13.5. The first-order valence-corrected chi connectivity index (χ1v) is 6.35. The summed E-state index contributed by atoms with van der Waals surface area (Å²) in [5.41, 5.74) is 1.66. The maximum absolute atomic E-state index is 10.4. The molecule has 0 aliphatic carbocycles. The normalized spacial score (nSPS) is 11.9. The average molecular weight is 293 g/mol. The van der Waals surface area contributed by atoms with Crippen LogP contribution in [0.3, 0.4) is 0 Å². The van der Waals surface area contributed by atoms with Crippen LogP contribution in [0.2, 0.25) is 5.02 Å². The van der Waals surface area contributed by atoms with Crippen molar-refractivity contribution >= 4 is 17.8 Å². The predicted octanol–water partition coefficient (Wildman–Crippen LogP) is 3.67. The number of carbonyl (C=O) groups is 1. The summed E-state index contributed by atoms with van der Waals surface area (Å²) < 4.78 is 4.50. The molecule has 0 saturated heterocycles. The van der Waals surface area contributed by atoms with Crippen LogP contribution >= 0.6 is 11.6 Å². The molecule has 0 spiro atoms. The molecule has 4 nitrogen and oxygen atoms in total. The van der Waals surface area contributed by atoms with E-state index in [1.54, 1.807) is 24.3 Å². The Morgan fingerprint density at radius 2 is 1.70 bits per heavy atom. The zero-order valence-corrected chi connectivity index (χ0v) is 11.2. The molecule has 104 valence electrons. The third-order valence-electron chi connectivity index (χ3n) is 2.81. The van der Waals surface area contributed by atoms with E-state index in [9.17, 15) is 9.90 Å². The smallest absolute Gasteiger partial charge is 0.449 e. The van der Waals surface area contributed by atoms with Crippen LogP contribution in [-0.4, -0.2) is 16.4 Å². The lowest BCUT2D eigenvalue weighted by Gasteiger charge is -2.11. The summed E-state index contributed by atoms with van der Waals surface area (Å²) in [4.78, 5) is 10.4. The maximum atomic E-state index is 10.4. The minimum absolute atomic E-state index is 0.222. The fourth-order valence-electron chi connectivity index (χ4n) is 1.82. The van der Waals surface area contributed by atoms with Gasteiger partial charge in [-0.05, 0) is 35.4 Å². The zero-order chi connectivity index (χ0) is 14.5. The Hall–Kier alpha value is -2.04. The van der Waals surface area contributed by atoms with Crippen molar-refractivity contribution in [3.63, 3.8) is 0 Å². The molecule has 5 heteroatoms. The lowest BCUT2D eigenvalue weighted by molar-refractivity contribution is 0.144. The first-order chi connectivity index (χ1) is 9.54. The number of rotatable bonds is 4. The van der Waals surface area contributed by atoms with Gasteiger partial charge in [-0.1, -0.05) is 35.9 Å². The minimum Gasteiger partial charge on any atom is -0.449 e. The third kappa shape index (κ3) is 3.98. The largest absolute Gasteiger partial charge is 0.511 e. The minimum atomic E-state index is -1.36. The molecule has 0 radical (unpaired) electrons. The molecule has 1 atom stereocenters. The molecule has 0 bridgehead atoms. The van der Waals surface area contributed by atoms with Gasteiger partial charge >= 0.3 is 6.16 Å². The van der Waals surface area contributed by atoms with Gasteiger partial charge in [0.2, 0.25) is 0 Å². The van der Waals surface area contributed by atoms with Crippen molar-refractivity contribution in [2.45, 2.75) is 12.5 Å². The Kier molecular flexibility index (Phi) is 4.61. The van der Waals surface area contributed by atoms with Crippen LogP contribution in [0.25, 0.3) is 0 Å². The van der Waals surface area contributed by atoms with Crippen LogP contribution in [0.4, 0.5) is 4.79 Å². The van der Waals surface area contributed by atoms with Gasteiger partial charge in [0.1, 0.15) is 5.75 Å². The van der Waals surface area contributed by atoms with Crippen molar-refractivity contribution in [1.82, 2.24) is 0 Å². The highest BCUT2D eigenvalue weighted by atomic mass is 35.5. The lowest BCUT2D eigenvalue weighted by atomic mass is 10.0. The Labute approximate surface area is 121 Å². The first-order valence-electron chi connectivity index (χ1n) is 5.98. The number of halogens is 1. The Balaban J connectivity index is 2.03. The van der Waals surface area contributed by atoms with Crippen LogP contribution in [0.5, 0.6) is 5.75 Å². The predicted molar refractivity (Wildman–Crippen MR) is 75.2 cm³/mol. The van der Waals surface area contributed by atoms with E-state index in [2.05, 4.69) is 4.74 Å². The van der Waals surface area contributed by atoms with Gasteiger partial charge in [-0.2, -0.15) is 0 Å². The highest BCUT2D eigenvalue weighted by Crippen LogP contribution is 2.22. The van der Waals surface area contributed by atoms with Crippen LogP contribution in [-0.2, 0) is 6.42 Å². The molecule has 2 aromatic carbocycles. The van der Waals surface area contributed by atoms with Crippen molar-refractivity contribution in [3.05, 3.63) is 64.7 Å². The molecule has 1 unspecified atom stereocenters. The topological polar surface area (TPSA) is 66.8 Å². The summed E-state index contributed by atoms with van der Waals surface area (Å²) in [5, 5.41) is 19.3. The molecule has 0 amide bonds.